The number of hydrogen-bond acceptors (Lipinski definition) is 3. The number of hydrogen-bond donors (Lipinski definition) is 0. The first kappa shape index (κ1) is 11.9. The van der Waals surface area contributed by atoms with Crippen molar-refractivity contribution in [1.82, 2.24) is 4.90 Å². The van der Waals surface area contributed by atoms with E-state index < -0.39 is 0 Å². The molecule has 0 saturated carbocycles. The number of likely N-dealkylation sites (tertiary alicyclic amines) is 1. The van der Waals surface area contributed by atoms with E-state index in [4.69, 9.17) is 4.74 Å². The van der Waals surface area contributed by atoms with E-state index >= 15 is 0 Å². The van der Waals surface area contributed by atoms with Gasteiger partial charge in [0.1, 0.15) is 0 Å². The number of carbonyl (C=O) groups excluding carboxylic acids is 2. The lowest BCUT2D eigenvalue weighted by atomic mass is 9.85. The van der Waals surface area contributed by atoms with Gasteiger partial charge in [-0.05, 0) is 12.5 Å². The Balaban J connectivity index is 1.68. The van der Waals surface area contributed by atoms with Crippen LogP contribution in [0.25, 0.3) is 0 Å². The first-order valence-electron chi connectivity index (χ1n) is 6.94. The van der Waals surface area contributed by atoms with Crippen LogP contribution in [-0.2, 0) is 14.3 Å². The lowest BCUT2D eigenvalue weighted by Gasteiger charge is -2.25. The van der Waals surface area contributed by atoms with Crippen LogP contribution in [0.5, 0.6) is 0 Å². The molecule has 3 aliphatic heterocycles. The first-order valence-corrected chi connectivity index (χ1v) is 6.94. The minimum atomic E-state index is -0.316. The SMILES string of the molecule is C[C@@H](c1ccccc1)N1C(=O)C2C3C=CC(O3)C2C1=O. The van der Waals surface area contributed by atoms with Crippen LogP contribution in [0.3, 0.4) is 0 Å². The minimum absolute atomic E-state index is 0.0896. The summed E-state index contributed by atoms with van der Waals surface area (Å²) in [5, 5.41) is 0. The average Bonchev–Trinajstić information content (AvgIpc) is 3.14. The molecule has 1 aromatic carbocycles. The van der Waals surface area contributed by atoms with E-state index in [0.717, 1.165) is 5.56 Å². The van der Waals surface area contributed by atoms with Gasteiger partial charge in [0, 0.05) is 0 Å². The summed E-state index contributed by atoms with van der Waals surface area (Å²) in [7, 11) is 0. The summed E-state index contributed by atoms with van der Waals surface area (Å²) in [5.41, 5.74) is 0.982. The predicted molar refractivity (Wildman–Crippen MR) is 71.5 cm³/mol. The maximum Gasteiger partial charge on any atom is 0.236 e. The molecule has 4 rings (SSSR count). The summed E-state index contributed by atoms with van der Waals surface area (Å²) >= 11 is 0. The van der Waals surface area contributed by atoms with Gasteiger partial charge in [-0.25, -0.2) is 0 Å². The fourth-order valence-corrected chi connectivity index (χ4v) is 3.59. The zero-order valence-electron chi connectivity index (χ0n) is 11.1. The quantitative estimate of drug-likeness (QED) is 0.606. The van der Waals surface area contributed by atoms with Crippen molar-refractivity contribution in [2.45, 2.75) is 25.2 Å². The van der Waals surface area contributed by atoms with E-state index in [-0.39, 0.29) is 41.9 Å². The number of carbonyl (C=O) groups is 2. The van der Waals surface area contributed by atoms with Crippen LogP contribution in [0, 0.1) is 11.8 Å². The minimum Gasteiger partial charge on any atom is -0.365 e. The predicted octanol–water partition coefficient (Wildman–Crippen LogP) is 1.69. The van der Waals surface area contributed by atoms with E-state index in [1.165, 1.54) is 4.90 Å². The van der Waals surface area contributed by atoms with Gasteiger partial charge in [0.15, 0.2) is 0 Å². The van der Waals surface area contributed by atoms with Gasteiger partial charge in [0.05, 0.1) is 30.1 Å². The molecule has 0 N–H and O–H groups in total. The van der Waals surface area contributed by atoms with Crippen molar-refractivity contribution in [3.8, 4) is 0 Å². The first-order chi connectivity index (χ1) is 9.68. The van der Waals surface area contributed by atoms with Crippen molar-refractivity contribution in [2.24, 2.45) is 11.8 Å². The molecule has 3 aliphatic rings. The molecule has 1 aromatic rings. The van der Waals surface area contributed by atoms with Crippen LogP contribution in [0.1, 0.15) is 18.5 Å². The van der Waals surface area contributed by atoms with Crippen molar-refractivity contribution >= 4 is 11.8 Å². The third-order valence-electron chi connectivity index (χ3n) is 4.61. The molecule has 2 amide bonds. The summed E-state index contributed by atoms with van der Waals surface area (Å²) in [6.45, 7) is 1.91. The van der Waals surface area contributed by atoms with Crippen LogP contribution < -0.4 is 0 Å². The van der Waals surface area contributed by atoms with Gasteiger partial charge >= 0.3 is 0 Å². The Hall–Kier alpha value is -1.94. The summed E-state index contributed by atoms with van der Waals surface area (Å²) in [6, 6.07) is 9.45. The lowest BCUT2D eigenvalue weighted by Crippen LogP contribution is -2.36. The van der Waals surface area contributed by atoms with Crippen molar-refractivity contribution in [1.29, 1.82) is 0 Å². The van der Waals surface area contributed by atoms with E-state index in [1.54, 1.807) is 0 Å². The molecule has 20 heavy (non-hydrogen) atoms. The molecule has 0 aliphatic carbocycles. The molecular weight excluding hydrogens is 254 g/mol. The van der Waals surface area contributed by atoms with Gasteiger partial charge in [-0.15, -0.1) is 0 Å². The molecule has 2 fully saturated rings. The molecule has 3 heterocycles. The molecular formula is C16H15NO3. The number of benzene rings is 1. The van der Waals surface area contributed by atoms with Crippen molar-refractivity contribution < 1.29 is 14.3 Å². The summed E-state index contributed by atoms with van der Waals surface area (Å²) in [6.07, 6.45) is 3.39. The standard InChI is InChI=1S/C16H15NO3/c1-9(10-5-3-2-4-6-10)17-15(18)13-11-7-8-12(20-11)14(13)16(17)19/h2-9,11-14H,1H3/t9-,11?,12?,13?,14?/m0/s1. The van der Waals surface area contributed by atoms with E-state index in [0.29, 0.717) is 0 Å². The molecule has 2 saturated heterocycles. The number of ether oxygens (including phenoxy) is 1. The topological polar surface area (TPSA) is 46.6 Å². The van der Waals surface area contributed by atoms with Crippen LogP contribution in [-0.4, -0.2) is 28.9 Å². The zero-order chi connectivity index (χ0) is 13.9. The van der Waals surface area contributed by atoms with Gasteiger partial charge in [-0.1, -0.05) is 42.5 Å². The van der Waals surface area contributed by atoms with Crippen molar-refractivity contribution in [2.75, 3.05) is 0 Å². The highest BCUT2D eigenvalue weighted by atomic mass is 16.5. The van der Waals surface area contributed by atoms with Gasteiger partial charge in [-0.2, -0.15) is 0 Å². The molecule has 5 atom stereocenters. The molecule has 102 valence electrons. The van der Waals surface area contributed by atoms with Gasteiger partial charge in [0.2, 0.25) is 11.8 Å². The molecule has 4 nitrogen and oxygen atoms in total. The largest absolute Gasteiger partial charge is 0.365 e. The summed E-state index contributed by atoms with van der Waals surface area (Å²) in [4.78, 5) is 26.6. The van der Waals surface area contributed by atoms with Crippen molar-refractivity contribution in [3.05, 3.63) is 48.0 Å². The Bertz CT molecular complexity index is 579. The highest BCUT2D eigenvalue weighted by Crippen LogP contribution is 2.47. The second kappa shape index (κ2) is 4.03. The van der Waals surface area contributed by atoms with Gasteiger partial charge in [-0.3, -0.25) is 14.5 Å². The Morgan fingerprint density at radius 3 is 2.10 bits per heavy atom. The number of imide groups is 1. The molecule has 0 aromatic heterocycles. The number of rotatable bonds is 2. The van der Waals surface area contributed by atoms with E-state index in [9.17, 15) is 9.59 Å². The number of nitrogens with zero attached hydrogens (tertiary/aromatic N) is 1. The van der Waals surface area contributed by atoms with Gasteiger partial charge in [0.25, 0.3) is 0 Å². The van der Waals surface area contributed by atoms with E-state index in [1.807, 2.05) is 49.4 Å². The number of amides is 2. The lowest BCUT2D eigenvalue weighted by molar-refractivity contribution is -0.144. The second-order valence-corrected chi connectivity index (χ2v) is 5.63. The third kappa shape index (κ3) is 1.40. The fraction of sp³-hybridized carbons (Fsp3) is 0.375. The Kier molecular flexibility index (Phi) is 2.39. The summed E-state index contributed by atoms with van der Waals surface area (Å²) in [5.74, 6) is -0.811. The molecule has 2 bridgehead atoms. The van der Waals surface area contributed by atoms with Gasteiger partial charge < -0.3 is 4.74 Å². The Labute approximate surface area is 117 Å². The maximum atomic E-state index is 12.6. The molecule has 0 radical (unpaired) electrons. The smallest absolute Gasteiger partial charge is 0.236 e. The van der Waals surface area contributed by atoms with Crippen LogP contribution in [0.15, 0.2) is 42.5 Å². The molecule has 4 unspecified atom stereocenters. The zero-order valence-corrected chi connectivity index (χ0v) is 11.1. The Morgan fingerprint density at radius 1 is 1.00 bits per heavy atom. The summed E-state index contributed by atoms with van der Waals surface area (Å²) < 4.78 is 5.63. The molecule has 4 heteroatoms. The molecule has 0 spiro atoms. The monoisotopic (exact) mass is 269 g/mol. The number of fused-ring (bicyclic) bond motifs is 5. The van der Waals surface area contributed by atoms with Crippen LogP contribution in [0.2, 0.25) is 0 Å². The van der Waals surface area contributed by atoms with Crippen LogP contribution in [0.4, 0.5) is 0 Å². The third-order valence-corrected chi connectivity index (χ3v) is 4.61. The Morgan fingerprint density at radius 2 is 1.55 bits per heavy atom. The van der Waals surface area contributed by atoms with E-state index in [2.05, 4.69) is 0 Å². The fourth-order valence-electron chi connectivity index (χ4n) is 3.59. The average molecular weight is 269 g/mol. The second-order valence-electron chi connectivity index (χ2n) is 5.63. The van der Waals surface area contributed by atoms with Crippen LogP contribution >= 0.6 is 0 Å². The highest BCUT2D eigenvalue weighted by Gasteiger charge is 2.61. The maximum absolute atomic E-state index is 12.6. The highest BCUT2D eigenvalue weighted by molar-refractivity contribution is 6.07. The van der Waals surface area contributed by atoms with Crippen molar-refractivity contribution in [3.63, 3.8) is 0 Å². The normalized spacial score (nSPS) is 35.8.